The van der Waals surface area contributed by atoms with Crippen molar-refractivity contribution in [2.45, 2.75) is 26.2 Å². The number of hydrogen-bond donors (Lipinski definition) is 1. The summed E-state index contributed by atoms with van der Waals surface area (Å²) in [7, 11) is 0. The lowest BCUT2D eigenvalue weighted by Gasteiger charge is -2.34. The van der Waals surface area contributed by atoms with Crippen molar-refractivity contribution in [1.82, 2.24) is 0 Å². The highest BCUT2D eigenvalue weighted by Gasteiger charge is 2.20. The average Bonchev–Trinajstić information content (AvgIpc) is 2.29. The molecule has 2 nitrogen and oxygen atoms in total. The number of nitrogen functional groups attached to an aromatic ring is 1. The average molecular weight is 222 g/mol. The van der Waals surface area contributed by atoms with Gasteiger partial charge in [0.1, 0.15) is 5.82 Å². The number of halogens is 1. The van der Waals surface area contributed by atoms with Gasteiger partial charge >= 0.3 is 0 Å². The third-order valence-corrected chi connectivity index (χ3v) is 3.43. The highest BCUT2D eigenvalue weighted by Crippen LogP contribution is 2.29. The number of nitrogens with zero attached hydrogens (tertiary/aromatic N) is 1. The summed E-state index contributed by atoms with van der Waals surface area (Å²) in [5, 5.41) is 0. The minimum Gasteiger partial charge on any atom is -0.397 e. The first-order chi connectivity index (χ1) is 7.70. The zero-order valence-electron chi connectivity index (χ0n) is 9.75. The van der Waals surface area contributed by atoms with Crippen LogP contribution in [0, 0.1) is 11.7 Å². The molecule has 1 aromatic rings. The molecule has 1 fully saturated rings. The Hall–Kier alpha value is -1.25. The van der Waals surface area contributed by atoms with E-state index in [1.165, 1.54) is 31.4 Å². The van der Waals surface area contributed by atoms with Crippen molar-refractivity contribution in [2.24, 2.45) is 5.92 Å². The van der Waals surface area contributed by atoms with Gasteiger partial charge in [0.2, 0.25) is 0 Å². The summed E-state index contributed by atoms with van der Waals surface area (Å²) in [5.74, 6) is 0.489. The van der Waals surface area contributed by atoms with Crippen molar-refractivity contribution >= 4 is 11.4 Å². The molecule has 0 radical (unpaired) electrons. The van der Waals surface area contributed by atoms with E-state index >= 15 is 0 Å². The van der Waals surface area contributed by atoms with Gasteiger partial charge in [0, 0.05) is 13.1 Å². The molecule has 0 bridgehead atoms. The SMILES string of the molecule is CCC1CCCN(c2ccc(F)cc2N)C1. The Morgan fingerprint density at radius 2 is 2.31 bits per heavy atom. The van der Waals surface area contributed by atoms with E-state index in [4.69, 9.17) is 5.73 Å². The maximum absolute atomic E-state index is 13.0. The molecule has 1 saturated heterocycles. The van der Waals surface area contributed by atoms with Crippen LogP contribution in [0.2, 0.25) is 0 Å². The second-order valence-electron chi connectivity index (χ2n) is 4.57. The monoisotopic (exact) mass is 222 g/mol. The van der Waals surface area contributed by atoms with Gasteiger partial charge in [-0.3, -0.25) is 0 Å². The van der Waals surface area contributed by atoms with Gasteiger partial charge in [0.25, 0.3) is 0 Å². The van der Waals surface area contributed by atoms with Gasteiger partial charge in [-0.2, -0.15) is 0 Å². The van der Waals surface area contributed by atoms with Gasteiger partial charge in [-0.15, -0.1) is 0 Å². The number of nitrogens with two attached hydrogens (primary N) is 1. The van der Waals surface area contributed by atoms with Crippen LogP contribution in [0.3, 0.4) is 0 Å². The summed E-state index contributed by atoms with van der Waals surface area (Å²) in [6.45, 7) is 4.31. The predicted octanol–water partition coefficient (Wildman–Crippen LogP) is 3.03. The summed E-state index contributed by atoms with van der Waals surface area (Å²) < 4.78 is 13.0. The molecule has 1 unspecified atom stereocenters. The van der Waals surface area contributed by atoms with Gasteiger partial charge < -0.3 is 10.6 Å². The normalized spacial score (nSPS) is 21.1. The largest absolute Gasteiger partial charge is 0.397 e. The highest BCUT2D eigenvalue weighted by atomic mass is 19.1. The molecule has 3 heteroatoms. The fourth-order valence-corrected chi connectivity index (χ4v) is 2.43. The Labute approximate surface area is 96.2 Å². The quantitative estimate of drug-likeness (QED) is 0.779. The molecule has 88 valence electrons. The van der Waals surface area contributed by atoms with E-state index in [0.29, 0.717) is 5.69 Å². The first kappa shape index (κ1) is 11.2. The summed E-state index contributed by atoms with van der Waals surface area (Å²) in [6.07, 6.45) is 3.71. The molecule has 0 aliphatic carbocycles. The van der Waals surface area contributed by atoms with Crippen LogP contribution < -0.4 is 10.6 Å². The molecule has 0 spiro atoms. The lowest BCUT2D eigenvalue weighted by Crippen LogP contribution is -2.35. The van der Waals surface area contributed by atoms with E-state index < -0.39 is 0 Å². The lowest BCUT2D eigenvalue weighted by atomic mass is 9.95. The van der Waals surface area contributed by atoms with Gasteiger partial charge in [0.15, 0.2) is 0 Å². The molecule has 0 aromatic heterocycles. The Morgan fingerprint density at radius 3 is 3.00 bits per heavy atom. The van der Waals surface area contributed by atoms with Crippen molar-refractivity contribution in [2.75, 3.05) is 23.7 Å². The van der Waals surface area contributed by atoms with E-state index in [0.717, 1.165) is 24.7 Å². The number of rotatable bonds is 2. The van der Waals surface area contributed by atoms with Crippen molar-refractivity contribution in [3.63, 3.8) is 0 Å². The maximum atomic E-state index is 13.0. The fraction of sp³-hybridized carbons (Fsp3) is 0.538. The first-order valence-corrected chi connectivity index (χ1v) is 6.00. The number of piperidine rings is 1. The summed E-state index contributed by atoms with van der Waals surface area (Å²) >= 11 is 0. The molecule has 1 aliphatic rings. The van der Waals surface area contributed by atoms with E-state index in [2.05, 4.69) is 11.8 Å². The van der Waals surface area contributed by atoms with Crippen LogP contribution in [0.25, 0.3) is 0 Å². The Morgan fingerprint density at radius 1 is 1.50 bits per heavy atom. The Kier molecular flexibility index (Phi) is 3.32. The topological polar surface area (TPSA) is 29.3 Å². The van der Waals surface area contributed by atoms with Crippen LogP contribution in [-0.4, -0.2) is 13.1 Å². The summed E-state index contributed by atoms with van der Waals surface area (Å²) in [5.41, 5.74) is 7.40. The van der Waals surface area contributed by atoms with Gasteiger partial charge in [-0.05, 0) is 37.0 Å². The smallest absolute Gasteiger partial charge is 0.125 e. The molecule has 1 atom stereocenters. The first-order valence-electron chi connectivity index (χ1n) is 6.00. The molecule has 0 saturated carbocycles. The predicted molar refractivity (Wildman–Crippen MR) is 66.0 cm³/mol. The molecule has 2 N–H and O–H groups in total. The van der Waals surface area contributed by atoms with Crippen LogP contribution in [0.4, 0.5) is 15.8 Å². The molecular weight excluding hydrogens is 203 g/mol. The zero-order valence-corrected chi connectivity index (χ0v) is 9.75. The van der Waals surface area contributed by atoms with Gasteiger partial charge in [-0.1, -0.05) is 13.3 Å². The third kappa shape index (κ3) is 2.29. The standard InChI is InChI=1S/C13H19FN2/c1-2-10-4-3-7-16(9-10)13-6-5-11(14)8-12(13)15/h5-6,8,10H,2-4,7,9,15H2,1H3. The van der Waals surface area contributed by atoms with Crippen LogP contribution in [0.1, 0.15) is 26.2 Å². The summed E-state index contributed by atoms with van der Waals surface area (Å²) in [6, 6.07) is 4.69. The molecule has 1 heterocycles. The van der Waals surface area contributed by atoms with E-state index in [1.54, 1.807) is 6.07 Å². The molecule has 1 aromatic carbocycles. The Balaban J connectivity index is 2.16. The minimum absolute atomic E-state index is 0.259. The number of anilines is 2. The second-order valence-corrected chi connectivity index (χ2v) is 4.57. The molecule has 0 amide bonds. The second kappa shape index (κ2) is 4.73. The fourth-order valence-electron chi connectivity index (χ4n) is 2.43. The van der Waals surface area contributed by atoms with Crippen molar-refractivity contribution in [1.29, 1.82) is 0 Å². The third-order valence-electron chi connectivity index (χ3n) is 3.43. The summed E-state index contributed by atoms with van der Waals surface area (Å²) in [4.78, 5) is 2.28. The van der Waals surface area contributed by atoms with E-state index in [-0.39, 0.29) is 5.82 Å². The number of hydrogen-bond acceptors (Lipinski definition) is 2. The molecule has 2 rings (SSSR count). The molecule has 1 aliphatic heterocycles. The van der Waals surface area contributed by atoms with E-state index in [9.17, 15) is 4.39 Å². The van der Waals surface area contributed by atoms with Crippen LogP contribution in [0.5, 0.6) is 0 Å². The number of benzene rings is 1. The van der Waals surface area contributed by atoms with Crippen molar-refractivity contribution < 1.29 is 4.39 Å². The zero-order chi connectivity index (χ0) is 11.5. The minimum atomic E-state index is -0.259. The van der Waals surface area contributed by atoms with Crippen molar-refractivity contribution in [3.8, 4) is 0 Å². The van der Waals surface area contributed by atoms with Crippen LogP contribution in [-0.2, 0) is 0 Å². The lowest BCUT2D eigenvalue weighted by molar-refractivity contribution is 0.405. The van der Waals surface area contributed by atoms with Crippen LogP contribution >= 0.6 is 0 Å². The van der Waals surface area contributed by atoms with Gasteiger partial charge in [0.05, 0.1) is 11.4 Å². The van der Waals surface area contributed by atoms with Crippen LogP contribution in [0.15, 0.2) is 18.2 Å². The highest BCUT2D eigenvalue weighted by molar-refractivity contribution is 5.67. The maximum Gasteiger partial charge on any atom is 0.125 e. The van der Waals surface area contributed by atoms with Gasteiger partial charge in [-0.25, -0.2) is 4.39 Å². The van der Waals surface area contributed by atoms with E-state index in [1.807, 2.05) is 0 Å². The van der Waals surface area contributed by atoms with Crippen molar-refractivity contribution in [3.05, 3.63) is 24.0 Å². The Bertz CT molecular complexity index is 365. The molecular formula is C13H19FN2. The molecule has 16 heavy (non-hydrogen) atoms.